The molecule has 0 unspecified atom stereocenters. The summed E-state index contributed by atoms with van der Waals surface area (Å²) in [5.41, 5.74) is 2.27. The van der Waals surface area contributed by atoms with E-state index >= 15 is 0 Å². The zero-order chi connectivity index (χ0) is 14.5. The fourth-order valence-electron chi connectivity index (χ4n) is 1.68. The first kappa shape index (κ1) is 14.1. The standard InChI is InChI=1S/C13H11FN2O3S/c14-9-3-1-8(2-4-9)10(5-12(17)18)16-13(19)11-6-20-7-15-11/h1-4,6-7,10H,5H2,(H,16,19)(H,17,18)/t10-/m1/s1. The zero-order valence-electron chi connectivity index (χ0n) is 10.2. The van der Waals surface area contributed by atoms with Gasteiger partial charge in [0.1, 0.15) is 11.5 Å². The smallest absolute Gasteiger partial charge is 0.305 e. The summed E-state index contributed by atoms with van der Waals surface area (Å²) < 4.78 is 12.9. The first-order chi connectivity index (χ1) is 9.56. The molecule has 2 aromatic rings. The summed E-state index contributed by atoms with van der Waals surface area (Å²) in [5.74, 6) is -1.94. The number of rotatable bonds is 5. The molecule has 0 spiro atoms. The van der Waals surface area contributed by atoms with Gasteiger partial charge >= 0.3 is 5.97 Å². The van der Waals surface area contributed by atoms with Crippen molar-refractivity contribution in [2.24, 2.45) is 0 Å². The minimum Gasteiger partial charge on any atom is -0.481 e. The minimum atomic E-state index is -1.06. The monoisotopic (exact) mass is 294 g/mol. The predicted octanol–water partition coefficient (Wildman–Crippen LogP) is 2.23. The van der Waals surface area contributed by atoms with E-state index < -0.39 is 23.7 Å². The number of benzene rings is 1. The van der Waals surface area contributed by atoms with Crippen molar-refractivity contribution in [3.05, 3.63) is 52.2 Å². The van der Waals surface area contributed by atoms with Crippen molar-refractivity contribution in [3.63, 3.8) is 0 Å². The Morgan fingerprint density at radius 3 is 2.60 bits per heavy atom. The lowest BCUT2D eigenvalue weighted by Gasteiger charge is -2.16. The van der Waals surface area contributed by atoms with Crippen LogP contribution in [0.2, 0.25) is 0 Å². The number of carbonyl (C=O) groups is 2. The number of thiazole rings is 1. The van der Waals surface area contributed by atoms with Crippen LogP contribution in [0, 0.1) is 5.82 Å². The normalized spacial score (nSPS) is 11.8. The van der Waals surface area contributed by atoms with E-state index in [9.17, 15) is 14.0 Å². The Kier molecular flexibility index (Phi) is 4.41. The molecule has 0 radical (unpaired) electrons. The number of halogens is 1. The molecule has 0 aliphatic heterocycles. The largest absolute Gasteiger partial charge is 0.481 e. The lowest BCUT2D eigenvalue weighted by molar-refractivity contribution is -0.137. The summed E-state index contributed by atoms with van der Waals surface area (Å²) >= 11 is 1.27. The van der Waals surface area contributed by atoms with Gasteiger partial charge in [0.2, 0.25) is 0 Å². The van der Waals surface area contributed by atoms with Crippen molar-refractivity contribution < 1.29 is 19.1 Å². The van der Waals surface area contributed by atoms with Gasteiger partial charge in [-0.1, -0.05) is 12.1 Å². The molecule has 0 fully saturated rings. The molecule has 1 atom stereocenters. The average molecular weight is 294 g/mol. The average Bonchev–Trinajstić information content (AvgIpc) is 2.92. The maximum Gasteiger partial charge on any atom is 0.305 e. The fraction of sp³-hybridized carbons (Fsp3) is 0.154. The van der Waals surface area contributed by atoms with Crippen LogP contribution in [-0.4, -0.2) is 22.0 Å². The molecule has 0 saturated heterocycles. The third-order valence-electron chi connectivity index (χ3n) is 2.62. The highest BCUT2D eigenvalue weighted by Crippen LogP contribution is 2.18. The van der Waals surface area contributed by atoms with Crippen LogP contribution in [0.5, 0.6) is 0 Å². The summed E-state index contributed by atoms with van der Waals surface area (Å²) in [4.78, 5) is 26.6. The number of carboxylic acids is 1. The maximum absolute atomic E-state index is 12.9. The summed E-state index contributed by atoms with van der Waals surface area (Å²) in [6.07, 6.45) is -0.290. The second-order valence-electron chi connectivity index (χ2n) is 4.05. The van der Waals surface area contributed by atoms with Gasteiger partial charge in [-0.25, -0.2) is 9.37 Å². The molecule has 1 aromatic carbocycles. The third-order valence-corrected chi connectivity index (χ3v) is 3.21. The molecule has 5 nitrogen and oxygen atoms in total. The van der Waals surface area contributed by atoms with Crippen LogP contribution in [0.1, 0.15) is 28.5 Å². The molecular formula is C13H11FN2O3S. The highest BCUT2D eigenvalue weighted by atomic mass is 32.1. The highest BCUT2D eigenvalue weighted by molar-refractivity contribution is 7.07. The van der Waals surface area contributed by atoms with E-state index in [-0.39, 0.29) is 12.1 Å². The van der Waals surface area contributed by atoms with Gasteiger partial charge in [0.25, 0.3) is 5.91 Å². The van der Waals surface area contributed by atoms with Crippen molar-refractivity contribution in [1.82, 2.24) is 10.3 Å². The number of hydrogen-bond acceptors (Lipinski definition) is 4. The first-order valence-electron chi connectivity index (χ1n) is 5.72. The van der Waals surface area contributed by atoms with E-state index in [1.165, 1.54) is 41.1 Å². The second-order valence-corrected chi connectivity index (χ2v) is 4.77. The van der Waals surface area contributed by atoms with Gasteiger partial charge in [-0.3, -0.25) is 9.59 Å². The van der Waals surface area contributed by atoms with E-state index in [0.717, 1.165) is 0 Å². The van der Waals surface area contributed by atoms with E-state index in [0.29, 0.717) is 5.56 Å². The van der Waals surface area contributed by atoms with Gasteiger partial charge < -0.3 is 10.4 Å². The van der Waals surface area contributed by atoms with Crippen molar-refractivity contribution in [2.45, 2.75) is 12.5 Å². The molecular weight excluding hydrogens is 283 g/mol. The number of carbonyl (C=O) groups excluding carboxylic acids is 1. The van der Waals surface area contributed by atoms with Crippen molar-refractivity contribution >= 4 is 23.2 Å². The second kappa shape index (κ2) is 6.25. The van der Waals surface area contributed by atoms with E-state index in [1.54, 1.807) is 5.38 Å². The van der Waals surface area contributed by atoms with Gasteiger partial charge in [-0.2, -0.15) is 0 Å². The quantitative estimate of drug-likeness (QED) is 0.886. The van der Waals surface area contributed by atoms with Crippen LogP contribution < -0.4 is 5.32 Å². The number of amides is 1. The molecule has 2 N–H and O–H groups in total. The topological polar surface area (TPSA) is 79.3 Å². The third kappa shape index (κ3) is 3.61. The Morgan fingerprint density at radius 1 is 1.35 bits per heavy atom. The van der Waals surface area contributed by atoms with Crippen molar-refractivity contribution in [2.75, 3.05) is 0 Å². The molecule has 20 heavy (non-hydrogen) atoms. The van der Waals surface area contributed by atoms with Crippen LogP contribution in [0.4, 0.5) is 4.39 Å². The molecule has 0 aliphatic rings. The van der Waals surface area contributed by atoms with Crippen LogP contribution in [0.3, 0.4) is 0 Å². The van der Waals surface area contributed by atoms with Crippen molar-refractivity contribution in [1.29, 1.82) is 0 Å². The maximum atomic E-state index is 12.9. The molecule has 1 amide bonds. The number of nitrogens with zero attached hydrogens (tertiary/aromatic N) is 1. The Bertz CT molecular complexity index is 599. The summed E-state index contributed by atoms with van der Waals surface area (Å²) in [6, 6.07) is 4.61. The van der Waals surface area contributed by atoms with E-state index in [2.05, 4.69) is 10.3 Å². The Labute approximate surface area is 118 Å². The summed E-state index contributed by atoms with van der Waals surface area (Å²) in [7, 11) is 0. The molecule has 0 bridgehead atoms. The molecule has 104 valence electrons. The number of aliphatic carboxylic acids is 1. The van der Waals surface area contributed by atoms with E-state index in [1.807, 2.05) is 0 Å². The van der Waals surface area contributed by atoms with Gasteiger partial charge in [0.05, 0.1) is 18.0 Å². The molecule has 1 heterocycles. The number of nitrogens with one attached hydrogen (secondary N) is 1. The van der Waals surface area contributed by atoms with Crippen LogP contribution in [0.25, 0.3) is 0 Å². The summed E-state index contributed by atoms with van der Waals surface area (Å²) in [5, 5.41) is 13.1. The van der Waals surface area contributed by atoms with Crippen molar-refractivity contribution in [3.8, 4) is 0 Å². The zero-order valence-corrected chi connectivity index (χ0v) is 11.1. The molecule has 0 aliphatic carbocycles. The molecule has 7 heteroatoms. The lowest BCUT2D eigenvalue weighted by atomic mass is 10.0. The van der Waals surface area contributed by atoms with Crippen LogP contribution in [0.15, 0.2) is 35.2 Å². The Morgan fingerprint density at radius 2 is 2.05 bits per heavy atom. The van der Waals surface area contributed by atoms with Crippen LogP contribution in [-0.2, 0) is 4.79 Å². The lowest BCUT2D eigenvalue weighted by Crippen LogP contribution is -2.30. The number of aromatic nitrogens is 1. The summed E-state index contributed by atoms with van der Waals surface area (Å²) in [6.45, 7) is 0. The molecule has 0 saturated carbocycles. The SMILES string of the molecule is O=C(O)C[C@@H](NC(=O)c1cscn1)c1ccc(F)cc1. The number of hydrogen-bond donors (Lipinski definition) is 2. The fourth-order valence-corrected chi connectivity index (χ4v) is 2.21. The van der Waals surface area contributed by atoms with Gasteiger partial charge in [-0.05, 0) is 17.7 Å². The van der Waals surface area contributed by atoms with Gasteiger partial charge in [0.15, 0.2) is 0 Å². The van der Waals surface area contributed by atoms with E-state index in [4.69, 9.17) is 5.11 Å². The van der Waals surface area contributed by atoms with Crippen LogP contribution >= 0.6 is 11.3 Å². The Balaban J connectivity index is 2.17. The Hall–Kier alpha value is -2.28. The number of carboxylic acid groups (broad SMARTS) is 1. The highest BCUT2D eigenvalue weighted by Gasteiger charge is 2.19. The van der Waals surface area contributed by atoms with Gasteiger partial charge in [-0.15, -0.1) is 11.3 Å². The van der Waals surface area contributed by atoms with Gasteiger partial charge in [0, 0.05) is 5.38 Å². The molecule has 1 aromatic heterocycles. The first-order valence-corrected chi connectivity index (χ1v) is 6.67. The minimum absolute atomic E-state index is 0.229. The molecule has 2 rings (SSSR count). The predicted molar refractivity (Wildman–Crippen MR) is 71.0 cm³/mol.